The number of urea groups is 1. The third-order valence-corrected chi connectivity index (χ3v) is 2.96. The second kappa shape index (κ2) is 6.46. The average molecular weight is 309 g/mol. The van der Waals surface area contributed by atoms with Gasteiger partial charge in [-0.1, -0.05) is 18.2 Å². The highest BCUT2D eigenvalue weighted by Crippen LogP contribution is 2.34. The van der Waals surface area contributed by atoms with E-state index in [0.29, 0.717) is 0 Å². The van der Waals surface area contributed by atoms with Crippen molar-refractivity contribution in [2.75, 3.05) is 12.4 Å². The van der Waals surface area contributed by atoms with Crippen LogP contribution in [0.15, 0.2) is 48.8 Å². The summed E-state index contributed by atoms with van der Waals surface area (Å²) in [4.78, 5) is 17.2. The van der Waals surface area contributed by atoms with Crippen molar-refractivity contribution in [3.8, 4) is 0 Å². The minimum absolute atomic E-state index is 0.244. The molecule has 0 unspecified atom stereocenters. The Bertz CT molecular complexity index is 644. The van der Waals surface area contributed by atoms with Gasteiger partial charge in [-0.3, -0.25) is 4.98 Å². The van der Waals surface area contributed by atoms with Gasteiger partial charge in [0.1, 0.15) is 0 Å². The molecule has 1 heterocycles. The van der Waals surface area contributed by atoms with Crippen LogP contribution in [0.5, 0.6) is 0 Å². The van der Waals surface area contributed by atoms with E-state index in [1.807, 2.05) is 0 Å². The molecule has 2 amide bonds. The fraction of sp³-hybridized carbons (Fsp3) is 0.200. The van der Waals surface area contributed by atoms with Crippen LogP contribution in [-0.4, -0.2) is 23.0 Å². The summed E-state index contributed by atoms with van der Waals surface area (Å²) in [5.41, 5.74) is -0.361. The van der Waals surface area contributed by atoms with Crippen LogP contribution in [0.25, 0.3) is 0 Å². The number of alkyl halides is 3. The van der Waals surface area contributed by atoms with Gasteiger partial charge in [0.05, 0.1) is 11.3 Å². The molecule has 2 rings (SSSR count). The lowest BCUT2D eigenvalue weighted by Crippen LogP contribution is -2.31. The minimum atomic E-state index is -4.52. The van der Waals surface area contributed by atoms with Gasteiger partial charge >= 0.3 is 12.2 Å². The van der Waals surface area contributed by atoms with E-state index in [1.54, 1.807) is 24.5 Å². The monoisotopic (exact) mass is 309 g/mol. The summed E-state index contributed by atoms with van der Waals surface area (Å²) in [6.45, 7) is 0.244. The molecule has 0 aliphatic rings. The maximum absolute atomic E-state index is 12.9. The van der Waals surface area contributed by atoms with E-state index in [-0.39, 0.29) is 12.2 Å². The molecule has 22 heavy (non-hydrogen) atoms. The van der Waals surface area contributed by atoms with Crippen LogP contribution in [0.1, 0.15) is 11.1 Å². The van der Waals surface area contributed by atoms with Crippen LogP contribution in [0.4, 0.5) is 23.7 Å². The maximum atomic E-state index is 12.9. The van der Waals surface area contributed by atoms with E-state index in [2.05, 4.69) is 10.3 Å². The van der Waals surface area contributed by atoms with Crippen LogP contribution < -0.4 is 5.32 Å². The summed E-state index contributed by atoms with van der Waals surface area (Å²) in [6.07, 6.45) is -1.33. The van der Waals surface area contributed by atoms with Crippen LogP contribution in [0.3, 0.4) is 0 Å². The van der Waals surface area contributed by atoms with Crippen molar-refractivity contribution in [1.29, 1.82) is 0 Å². The van der Waals surface area contributed by atoms with Gasteiger partial charge in [-0.2, -0.15) is 13.2 Å². The van der Waals surface area contributed by atoms with E-state index >= 15 is 0 Å². The molecule has 4 nitrogen and oxygen atoms in total. The topological polar surface area (TPSA) is 45.2 Å². The molecule has 0 aliphatic carbocycles. The van der Waals surface area contributed by atoms with E-state index in [0.717, 1.165) is 11.6 Å². The number of anilines is 1. The molecular weight excluding hydrogens is 295 g/mol. The summed E-state index contributed by atoms with van der Waals surface area (Å²) in [5, 5.41) is 2.28. The molecule has 0 saturated carbocycles. The number of para-hydroxylation sites is 1. The molecule has 1 aromatic heterocycles. The number of pyridine rings is 1. The first-order valence-electron chi connectivity index (χ1n) is 6.45. The molecule has 0 atom stereocenters. The molecule has 7 heteroatoms. The smallest absolute Gasteiger partial charge is 0.323 e. The Kier molecular flexibility index (Phi) is 4.65. The van der Waals surface area contributed by atoms with Crippen LogP contribution in [0.2, 0.25) is 0 Å². The molecule has 1 aromatic carbocycles. The third-order valence-electron chi connectivity index (χ3n) is 2.96. The number of nitrogens with zero attached hydrogens (tertiary/aromatic N) is 2. The van der Waals surface area contributed by atoms with Crippen LogP contribution in [-0.2, 0) is 12.7 Å². The maximum Gasteiger partial charge on any atom is 0.418 e. The Morgan fingerprint density at radius 2 is 1.95 bits per heavy atom. The predicted molar refractivity (Wildman–Crippen MR) is 76.2 cm³/mol. The zero-order chi connectivity index (χ0) is 16.2. The first kappa shape index (κ1) is 15.8. The van der Waals surface area contributed by atoms with Gasteiger partial charge < -0.3 is 10.2 Å². The van der Waals surface area contributed by atoms with Gasteiger partial charge in [0.2, 0.25) is 0 Å². The SMILES string of the molecule is CN(Cc1cccnc1)C(=O)Nc1ccccc1C(F)(F)F. The molecule has 2 aromatic rings. The number of hydrogen-bond acceptors (Lipinski definition) is 2. The molecule has 0 radical (unpaired) electrons. The third kappa shape index (κ3) is 3.97. The molecular formula is C15H14F3N3O. The van der Waals surface area contributed by atoms with Gasteiger partial charge in [-0.05, 0) is 23.8 Å². The van der Waals surface area contributed by atoms with Crippen molar-refractivity contribution in [2.45, 2.75) is 12.7 Å². The number of halogens is 3. The summed E-state index contributed by atoms with van der Waals surface area (Å²) < 4.78 is 38.6. The molecule has 0 spiro atoms. The summed E-state index contributed by atoms with van der Waals surface area (Å²) in [6, 6.07) is 7.74. The Hall–Kier alpha value is -2.57. The molecule has 1 N–H and O–H groups in total. The highest BCUT2D eigenvalue weighted by Gasteiger charge is 2.33. The fourth-order valence-electron chi connectivity index (χ4n) is 1.89. The van der Waals surface area contributed by atoms with Gasteiger partial charge in [0, 0.05) is 26.0 Å². The minimum Gasteiger partial charge on any atom is -0.323 e. The second-order valence-electron chi connectivity index (χ2n) is 4.69. The van der Waals surface area contributed by atoms with Gasteiger partial charge in [-0.15, -0.1) is 0 Å². The van der Waals surface area contributed by atoms with Crippen molar-refractivity contribution >= 4 is 11.7 Å². The zero-order valence-corrected chi connectivity index (χ0v) is 11.8. The highest BCUT2D eigenvalue weighted by molar-refractivity contribution is 5.90. The van der Waals surface area contributed by atoms with E-state index in [1.165, 1.54) is 30.1 Å². The number of aromatic nitrogens is 1. The van der Waals surface area contributed by atoms with Crippen molar-refractivity contribution in [2.24, 2.45) is 0 Å². The summed E-state index contributed by atoms with van der Waals surface area (Å²) in [5.74, 6) is 0. The van der Waals surface area contributed by atoms with E-state index < -0.39 is 17.8 Å². The van der Waals surface area contributed by atoms with Gasteiger partial charge in [0.25, 0.3) is 0 Å². The first-order chi connectivity index (χ1) is 10.4. The van der Waals surface area contributed by atoms with Crippen molar-refractivity contribution in [3.05, 3.63) is 59.9 Å². The van der Waals surface area contributed by atoms with Crippen LogP contribution in [0, 0.1) is 0 Å². The normalized spacial score (nSPS) is 11.1. The number of rotatable bonds is 3. The molecule has 0 aliphatic heterocycles. The standard InChI is InChI=1S/C15H14F3N3O/c1-21(10-11-5-4-8-19-9-11)14(22)20-13-7-3-2-6-12(13)15(16,17)18/h2-9H,10H2,1H3,(H,20,22). The Morgan fingerprint density at radius 1 is 1.23 bits per heavy atom. The number of carbonyl (C=O) groups excluding carboxylic acids is 1. The fourth-order valence-corrected chi connectivity index (χ4v) is 1.89. The average Bonchev–Trinajstić information content (AvgIpc) is 2.47. The Balaban J connectivity index is 2.09. The van der Waals surface area contributed by atoms with Crippen molar-refractivity contribution in [3.63, 3.8) is 0 Å². The summed E-state index contributed by atoms with van der Waals surface area (Å²) >= 11 is 0. The first-order valence-corrected chi connectivity index (χ1v) is 6.45. The quantitative estimate of drug-likeness (QED) is 0.938. The lowest BCUT2D eigenvalue weighted by atomic mass is 10.1. The van der Waals surface area contributed by atoms with Gasteiger partial charge in [-0.25, -0.2) is 4.79 Å². The zero-order valence-electron chi connectivity index (χ0n) is 11.8. The Morgan fingerprint density at radius 3 is 2.59 bits per heavy atom. The molecule has 116 valence electrons. The molecule has 0 fully saturated rings. The van der Waals surface area contributed by atoms with E-state index in [4.69, 9.17) is 0 Å². The Labute approximate surface area is 125 Å². The summed E-state index contributed by atoms with van der Waals surface area (Å²) in [7, 11) is 1.50. The predicted octanol–water partition coefficient (Wildman–Crippen LogP) is 3.76. The number of hydrogen-bond donors (Lipinski definition) is 1. The molecule has 0 bridgehead atoms. The van der Waals surface area contributed by atoms with Crippen molar-refractivity contribution < 1.29 is 18.0 Å². The number of benzene rings is 1. The highest BCUT2D eigenvalue weighted by atomic mass is 19.4. The van der Waals surface area contributed by atoms with Gasteiger partial charge in [0.15, 0.2) is 0 Å². The largest absolute Gasteiger partial charge is 0.418 e. The second-order valence-corrected chi connectivity index (χ2v) is 4.69. The van der Waals surface area contributed by atoms with Crippen molar-refractivity contribution in [1.82, 2.24) is 9.88 Å². The molecule has 0 saturated heterocycles. The number of carbonyl (C=O) groups is 1. The lowest BCUT2D eigenvalue weighted by Gasteiger charge is -2.20. The number of amides is 2. The van der Waals surface area contributed by atoms with E-state index in [9.17, 15) is 18.0 Å². The van der Waals surface area contributed by atoms with Crippen LogP contribution >= 0.6 is 0 Å². The lowest BCUT2D eigenvalue weighted by molar-refractivity contribution is -0.136. The number of nitrogens with one attached hydrogen (secondary N) is 1.